The van der Waals surface area contributed by atoms with Gasteiger partial charge in [-0.1, -0.05) is 6.07 Å². The molecule has 1 aromatic carbocycles. The molecule has 2 aliphatic heterocycles. The first-order valence-electron chi connectivity index (χ1n) is 6.06. The molecule has 2 atom stereocenters. The smallest absolute Gasteiger partial charge is 0.254 e. The number of hydrogen-bond acceptors (Lipinski definition) is 3. The summed E-state index contributed by atoms with van der Waals surface area (Å²) in [6.07, 6.45) is 1.16. The molecule has 0 saturated carbocycles. The van der Waals surface area contributed by atoms with Gasteiger partial charge in [-0.2, -0.15) is 0 Å². The van der Waals surface area contributed by atoms with Crippen molar-refractivity contribution in [1.82, 2.24) is 10.2 Å². The molecule has 2 aliphatic rings. The van der Waals surface area contributed by atoms with E-state index in [-0.39, 0.29) is 11.7 Å². The molecule has 0 spiro atoms. The zero-order chi connectivity index (χ0) is 11.8. The Morgan fingerprint density at radius 1 is 1.41 bits per heavy atom. The van der Waals surface area contributed by atoms with Crippen LogP contribution in [0.15, 0.2) is 24.3 Å². The molecule has 2 heterocycles. The lowest BCUT2D eigenvalue weighted by molar-refractivity contribution is 0.0782. The molecule has 0 bridgehead atoms. The Morgan fingerprint density at radius 2 is 2.29 bits per heavy atom. The van der Waals surface area contributed by atoms with Gasteiger partial charge in [0.25, 0.3) is 5.91 Å². The second-order valence-corrected chi connectivity index (χ2v) is 4.87. The number of phenols is 1. The Bertz CT molecular complexity index is 435. The molecule has 4 heteroatoms. The first-order chi connectivity index (χ1) is 8.24. The van der Waals surface area contributed by atoms with Crippen LogP contribution in [0.1, 0.15) is 16.8 Å². The zero-order valence-corrected chi connectivity index (χ0v) is 9.60. The number of nitrogens with one attached hydrogen (secondary N) is 1. The molecule has 17 heavy (non-hydrogen) atoms. The first-order valence-corrected chi connectivity index (χ1v) is 6.06. The van der Waals surface area contributed by atoms with Gasteiger partial charge in [0.15, 0.2) is 0 Å². The second kappa shape index (κ2) is 4.04. The lowest BCUT2D eigenvalue weighted by Crippen LogP contribution is -2.33. The number of aromatic hydroxyl groups is 1. The minimum atomic E-state index is 0.0251. The van der Waals surface area contributed by atoms with Crippen molar-refractivity contribution >= 4 is 5.91 Å². The summed E-state index contributed by atoms with van der Waals surface area (Å²) >= 11 is 0. The molecule has 0 aromatic heterocycles. The van der Waals surface area contributed by atoms with Crippen LogP contribution in [0.2, 0.25) is 0 Å². The largest absolute Gasteiger partial charge is 0.508 e. The lowest BCUT2D eigenvalue weighted by Gasteiger charge is -2.17. The zero-order valence-electron chi connectivity index (χ0n) is 9.60. The van der Waals surface area contributed by atoms with Crippen LogP contribution in [0, 0.1) is 5.92 Å². The number of nitrogens with zero attached hydrogens (tertiary/aromatic N) is 1. The summed E-state index contributed by atoms with van der Waals surface area (Å²) in [6, 6.07) is 7.04. The maximum absolute atomic E-state index is 12.2. The van der Waals surface area contributed by atoms with Gasteiger partial charge in [0.2, 0.25) is 0 Å². The Kier molecular flexibility index (Phi) is 2.52. The standard InChI is InChI=1S/C13H16N2O2/c16-11-3-1-2-9(6-11)13(17)15-7-10-4-5-14-12(10)8-15/h1-3,6,10,12,14,16H,4-5,7-8H2/t10-,12+/m0/s1. The van der Waals surface area contributed by atoms with Gasteiger partial charge in [0.05, 0.1) is 0 Å². The maximum atomic E-state index is 12.2. The van der Waals surface area contributed by atoms with Crippen molar-refractivity contribution in [2.45, 2.75) is 12.5 Å². The van der Waals surface area contributed by atoms with Crippen molar-refractivity contribution < 1.29 is 9.90 Å². The summed E-state index contributed by atoms with van der Waals surface area (Å²) < 4.78 is 0. The molecule has 1 amide bonds. The van der Waals surface area contributed by atoms with E-state index in [4.69, 9.17) is 0 Å². The highest BCUT2D eigenvalue weighted by Crippen LogP contribution is 2.26. The average Bonchev–Trinajstić information content (AvgIpc) is 2.88. The number of rotatable bonds is 1. The Morgan fingerprint density at radius 3 is 3.06 bits per heavy atom. The van der Waals surface area contributed by atoms with Crippen LogP contribution in [0.3, 0.4) is 0 Å². The Hall–Kier alpha value is -1.55. The number of hydrogen-bond donors (Lipinski definition) is 2. The van der Waals surface area contributed by atoms with Crippen LogP contribution in [0.4, 0.5) is 0 Å². The van der Waals surface area contributed by atoms with E-state index in [1.807, 2.05) is 4.90 Å². The van der Waals surface area contributed by atoms with Crippen LogP contribution < -0.4 is 5.32 Å². The van der Waals surface area contributed by atoms with Crippen molar-refractivity contribution in [1.29, 1.82) is 0 Å². The van der Waals surface area contributed by atoms with E-state index < -0.39 is 0 Å². The SMILES string of the molecule is O=C(c1cccc(O)c1)N1C[C@@H]2CCN[C@@H]2C1. The van der Waals surface area contributed by atoms with Crippen LogP contribution in [0.5, 0.6) is 5.75 Å². The Labute approximate surface area is 100 Å². The van der Waals surface area contributed by atoms with Gasteiger partial charge in [-0.25, -0.2) is 0 Å². The molecular formula is C13H16N2O2. The van der Waals surface area contributed by atoms with E-state index in [1.54, 1.807) is 18.2 Å². The van der Waals surface area contributed by atoms with Crippen molar-refractivity contribution in [3.63, 3.8) is 0 Å². The van der Waals surface area contributed by atoms with Gasteiger partial charge in [0, 0.05) is 24.7 Å². The first kappa shape index (κ1) is 10.6. The molecule has 3 rings (SSSR count). The van der Waals surface area contributed by atoms with Crippen molar-refractivity contribution in [2.24, 2.45) is 5.92 Å². The van der Waals surface area contributed by atoms with Crippen LogP contribution >= 0.6 is 0 Å². The fraction of sp³-hybridized carbons (Fsp3) is 0.462. The number of amides is 1. The normalized spacial score (nSPS) is 27.2. The monoisotopic (exact) mass is 232 g/mol. The molecule has 4 nitrogen and oxygen atoms in total. The molecule has 2 N–H and O–H groups in total. The van der Waals surface area contributed by atoms with Crippen LogP contribution in [-0.2, 0) is 0 Å². The van der Waals surface area contributed by atoms with E-state index in [9.17, 15) is 9.90 Å². The summed E-state index contributed by atoms with van der Waals surface area (Å²) in [7, 11) is 0. The van der Waals surface area contributed by atoms with Crippen LogP contribution in [-0.4, -0.2) is 41.6 Å². The molecule has 0 aliphatic carbocycles. The number of benzene rings is 1. The van der Waals surface area contributed by atoms with Gasteiger partial charge in [-0.3, -0.25) is 4.79 Å². The molecule has 1 aromatic rings. The number of carbonyl (C=O) groups excluding carboxylic acids is 1. The van der Waals surface area contributed by atoms with Crippen molar-refractivity contribution in [3.8, 4) is 5.75 Å². The van der Waals surface area contributed by atoms with Gasteiger partial charge in [-0.15, -0.1) is 0 Å². The van der Waals surface area contributed by atoms with Gasteiger partial charge in [-0.05, 0) is 37.1 Å². The highest BCUT2D eigenvalue weighted by atomic mass is 16.3. The summed E-state index contributed by atoms with van der Waals surface area (Å²) in [5.41, 5.74) is 0.574. The minimum Gasteiger partial charge on any atom is -0.508 e. The predicted molar refractivity (Wildman–Crippen MR) is 63.9 cm³/mol. The highest BCUT2D eigenvalue weighted by molar-refractivity contribution is 5.94. The number of phenolic OH excluding ortho intramolecular Hbond substituents is 1. The average molecular weight is 232 g/mol. The van der Waals surface area contributed by atoms with Gasteiger partial charge >= 0.3 is 0 Å². The Balaban J connectivity index is 1.75. The fourth-order valence-corrected chi connectivity index (χ4v) is 2.84. The number of fused-ring (bicyclic) bond motifs is 1. The van der Waals surface area contributed by atoms with E-state index in [2.05, 4.69) is 5.32 Å². The summed E-state index contributed by atoms with van der Waals surface area (Å²) in [6.45, 7) is 2.70. The molecule has 2 saturated heterocycles. The lowest BCUT2D eigenvalue weighted by atomic mass is 10.1. The predicted octanol–water partition coefficient (Wildman–Crippen LogP) is 0.826. The van der Waals surface area contributed by atoms with Crippen LogP contribution in [0.25, 0.3) is 0 Å². The fourth-order valence-electron chi connectivity index (χ4n) is 2.84. The summed E-state index contributed by atoms with van der Waals surface area (Å²) in [5, 5.41) is 12.8. The minimum absolute atomic E-state index is 0.0251. The molecule has 0 unspecified atom stereocenters. The third-order valence-electron chi connectivity index (χ3n) is 3.74. The second-order valence-electron chi connectivity index (χ2n) is 4.87. The highest BCUT2D eigenvalue weighted by Gasteiger charge is 2.38. The number of likely N-dealkylation sites (tertiary alicyclic amines) is 1. The summed E-state index contributed by atoms with van der Waals surface area (Å²) in [4.78, 5) is 14.1. The van der Waals surface area contributed by atoms with Gasteiger partial charge in [0.1, 0.15) is 5.75 Å². The van der Waals surface area contributed by atoms with E-state index >= 15 is 0 Å². The van der Waals surface area contributed by atoms with E-state index in [0.29, 0.717) is 17.5 Å². The quantitative estimate of drug-likeness (QED) is 0.754. The topological polar surface area (TPSA) is 52.6 Å². The molecular weight excluding hydrogens is 216 g/mol. The molecule has 2 fully saturated rings. The van der Waals surface area contributed by atoms with E-state index in [1.165, 1.54) is 6.07 Å². The van der Waals surface area contributed by atoms with Crippen molar-refractivity contribution in [3.05, 3.63) is 29.8 Å². The third kappa shape index (κ3) is 1.89. The van der Waals surface area contributed by atoms with Gasteiger partial charge < -0.3 is 15.3 Å². The number of carbonyl (C=O) groups is 1. The molecule has 0 radical (unpaired) electrons. The third-order valence-corrected chi connectivity index (χ3v) is 3.74. The maximum Gasteiger partial charge on any atom is 0.254 e. The summed E-state index contributed by atoms with van der Waals surface area (Å²) in [5.74, 6) is 0.779. The van der Waals surface area contributed by atoms with Crippen molar-refractivity contribution in [2.75, 3.05) is 19.6 Å². The molecule has 90 valence electrons. The van der Waals surface area contributed by atoms with E-state index in [0.717, 1.165) is 26.1 Å².